The number of rotatable bonds is 8. The van der Waals surface area contributed by atoms with Gasteiger partial charge in [-0.1, -0.05) is 26.0 Å². The minimum atomic E-state index is -0.910. The molecular formula is C23H32N2O6. The molecule has 3 rings (SSSR count). The van der Waals surface area contributed by atoms with Crippen LogP contribution in [0, 0.1) is 0 Å². The van der Waals surface area contributed by atoms with E-state index in [-0.39, 0.29) is 30.9 Å². The molecule has 2 amide bonds. The van der Waals surface area contributed by atoms with Gasteiger partial charge in [0, 0.05) is 19.7 Å². The van der Waals surface area contributed by atoms with Gasteiger partial charge >= 0.3 is 5.97 Å². The Balaban J connectivity index is 1.58. The minimum absolute atomic E-state index is 0.0858. The van der Waals surface area contributed by atoms with E-state index in [4.69, 9.17) is 14.2 Å². The van der Waals surface area contributed by atoms with Crippen LogP contribution < -0.4 is 10.1 Å². The third-order valence-corrected chi connectivity index (χ3v) is 5.64. The number of carbonyl (C=O) groups excluding carboxylic acids is 3. The number of nitrogens with one attached hydrogen (secondary N) is 1. The van der Waals surface area contributed by atoms with Crippen LogP contribution in [0.5, 0.6) is 5.75 Å². The molecule has 0 radical (unpaired) electrons. The third kappa shape index (κ3) is 6.19. The zero-order chi connectivity index (χ0) is 22.4. The monoisotopic (exact) mass is 432 g/mol. The Hall–Kier alpha value is -2.61. The lowest BCUT2D eigenvalue weighted by atomic mass is 10.0. The van der Waals surface area contributed by atoms with Crippen LogP contribution >= 0.6 is 0 Å². The first-order valence-corrected chi connectivity index (χ1v) is 11.0. The van der Waals surface area contributed by atoms with Crippen LogP contribution in [0.3, 0.4) is 0 Å². The lowest BCUT2D eigenvalue weighted by Gasteiger charge is -2.36. The van der Waals surface area contributed by atoms with Gasteiger partial charge in [0.05, 0.1) is 12.5 Å². The van der Waals surface area contributed by atoms with E-state index in [0.29, 0.717) is 31.4 Å². The maximum absolute atomic E-state index is 13.0. The van der Waals surface area contributed by atoms with E-state index in [0.717, 1.165) is 12.8 Å². The van der Waals surface area contributed by atoms with Gasteiger partial charge in [0.25, 0.3) is 5.91 Å². The predicted molar refractivity (Wildman–Crippen MR) is 114 cm³/mol. The summed E-state index contributed by atoms with van der Waals surface area (Å²) in [6, 6.07) is 6.70. The Bertz CT molecular complexity index is 773. The van der Waals surface area contributed by atoms with Crippen molar-refractivity contribution in [1.29, 1.82) is 0 Å². The number of hydrogen-bond donors (Lipinski definition) is 1. The molecule has 0 aromatic heterocycles. The largest absolute Gasteiger partial charge is 0.481 e. The molecule has 1 aromatic rings. The van der Waals surface area contributed by atoms with E-state index >= 15 is 0 Å². The summed E-state index contributed by atoms with van der Waals surface area (Å²) in [4.78, 5) is 39.2. The number of nitrogens with zero attached hydrogens (tertiary/aromatic N) is 1. The molecule has 0 unspecified atom stereocenters. The number of carbonyl (C=O) groups is 3. The summed E-state index contributed by atoms with van der Waals surface area (Å²) in [5, 5.41) is 2.72. The molecule has 2 aliphatic rings. The molecule has 8 nitrogen and oxygen atoms in total. The summed E-state index contributed by atoms with van der Waals surface area (Å²) < 4.78 is 16.5. The molecule has 170 valence electrons. The fraction of sp³-hybridized carbons (Fsp3) is 0.609. The molecule has 8 heteroatoms. The molecule has 2 heterocycles. The minimum Gasteiger partial charge on any atom is -0.481 e. The smallest absolute Gasteiger partial charge is 0.308 e. The highest BCUT2D eigenvalue weighted by molar-refractivity contribution is 5.93. The van der Waals surface area contributed by atoms with Crippen molar-refractivity contribution in [1.82, 2.24) is 10.2 Å². The summed E-state index contributed by atoms with van der Waals surface area (Å²) in [6.45, 7) is 7.36. The Morgan fingerprint density at radius 2 is 1.97 bits per heavy atom. The number of amides is 2. The number of esters is 1. The van der Waals surface area contributed by atoms with Gasteiger partial charge in [0.15, 0.2) is 6.10 Å². The van der Waals surface area contributed by atoms with Gasteiger partial charge in [0.2, 0.25) is 5.91 Å². The third-order valence-electron chi connectivity index (χ3n) is 5.64. The van der Waals surface area contributed by atoms with Gasteiger partial charge in [-0.2, -0.15) is 0 Å². The zero-order valence-corrected chi connectivity index (χ0v) is 18.5. The second-order valence-corrected chi connectivity index (χ2v) is 8.34. The van der Waals surface area contributed by atoms with Crippen LogP contribution in [0.1, 0.15) is 51.5 Å². The summed E-state index contributed by atoms with van der Waals surface area (Å²) in [7, 11) is 0. The van der Waals surface area contributed by atoms with Crippen molar-refractivity contribution in [2.75, 3.05) is 26.3 Å². The first kappa shape index (κ1) is 23.1. The lowest BCUT2D eigenvalue weighted by molar-refractivity contribution is -0.155. The van der Waals surface area contributed by atoms with Crippen molar-refractivity contribution in [3.63, 3.8) is 0 Å². The standard InChI is InChI=1S/C23H32N2O6/c1-15(2)17-6-8-18(9-7-17)31-16(3)23(28)25-11-10-24-22(27)20(25)13-21(26)30-14-19-5-4-12-29-19/h6-9,15-16,19-20H,4-5,10-14H2,1-3H3,(H,24,27)/t16-,19+,20-/m1/s1. The van der Waals surface area contributed by atoms with Gasteiger partial charge < -0.3 is 24.4 Å². The molecule has 0 spiro atoms. The fourth-order valence-electron chi connectivity index (χ4n) is 3.78. The Morgan fingerprint density at radius 1 is 1.23 bits per heavy atom. The van der Waals surface area contributed by atoms with E-state index in [9.17, 15) is 14.4 Å². The van der Waals surface area contributed by atoms with Crippen LogP contribution in [0.15, 0.2) is 24.3 Å². The SMILES string of the molecule is CC(C)c1ccc(O[C@H](C)C(=O)N2CCNC(=O)[C@H]2CC(=O)OC[C@@H]2CCCO2)cc1. The van der Waals surface area contributed by atoms with E-state index in [1.807, 2.05) is 24.3 Å². The maximum atomic E-state index is 13.0. The highest BCUT2D eigenvalue weighted by Gasteiger charge is 2.37. The molecule has 1 N–H and O–H groups in total. The Labute approximate surface area is 183 Å². The quantitative estimate of drug-likeness (QED) is 0.632. The second kappa shape index (κ2) is 10.6. The van der Waals surface area contributed by atoms with Gasteiger partial charge in [-0.25, -0.2) is 0 Å². The average Bonchev–Trinajstić information content (AvgIpc) is 3.27. The number of hydrogen-bond acceptors (Lipinski definition) is 6. The Kier molecular flexibility index (Phi) is 7.90. The molecular weight excluding hydrogens is 400 g/mol. The second-order valence-electron chi connectivity index (χ2n) is 8.34. The normalized spacial score (nSPS) is 22.2. The van der Waals surface area contributed by atoms with E-state index < -0.39 is 18.1 Å². The average molecular weight is 433 g/mol. The van der Waals surface area contributed by atoms with Crippen LogP contribution in [-0.2, 0) is 23.9 Å². The van der Waals surface area contributed by atoms with E-state index in [1.54, 1.807) is 6.92 Å². The van der Waals surface area contributed by atoms with Gasteiger partial charge in [-0.15, -0.1) is 0 Å². The van der Waals surface area contributed by atoms with Gasteiger partial charge in [0.1, 0.15) is 18.4 Å². The van der Waals surface area contributed by atoms with Crippen LogP contribution in [-0.4, -0.2) is 67.2 Å². The maximum Gasteiger partial charge on any atom is 0.308 e. The highest BCUT2D eigenvalue weighted by Crippen LogP contribution is 2.21. The number of ether oxygens (including phenoxy) is 3. The van der Waals surface area contributed by atoms with Crippen molar-refractivity contribution in [2.24, 2.45) is 0 Å². The van der Waals surface area contributed by atoms with E-state index in [1.165, 1.54) is 10.5 Å². The van der Waals surface area contributed by atoms with Crippen LogP contribution in [0.25, 0.3) is 0 Å². The van der Waals surface area contributed by atoms with Crippen molar-refractivity contribution in [3.8, 4) is 5.75 Å². The number of benzene rings is 1. The predicted octanol–water partition coefficient (Wildman–Crippen LogP) is 2.02. The molecule has 0 saturated carbocycles. The van der Waals surface area contributed by atoms with Gasteiger partial charge in [-0.3, -0.25) is 14.4 Å². The number of piperazine rings is 1. The van der Waals surface area contributed by atoms with Crippen LogP contribution in [0.4, 0.5) is 0 Å². The summed E-state index contributed by atoms with van der Waals surface area (Å²) in [6.07, 6.45) is 0.737. The molecule has 0 aliphatic carbocycles. The summed E-state index contributed by atoms with van der Waals surface area (Å²) in [5.74, 6) is -0.227. The summed E-state index contributed by atoms with van der Waals surface area (Å²) in [5.41, 5.74) is 1.18. The van der Waals surface area contributed by atoms with Crippen molar-refractivity contribution in [3.05, 3.63) is 29.8 Å². The molecule has 0 bridgehead atoms. The van der Waals surface area contributed by atoms with Crippen LogP contribution in [0.2, 0.25) is 0 Å². The fourth-order valence-corrected chi connectivity index (χ4v) is 3.78. The topological polar surface area (TPSA) is 94.2 Å². The van der Waals surface area contributed by atoms with Crippen molar-refractivity contribution < 1.29 is 28.6 Å². The molecule has 2 saturated heterocycles. The first-order valence-electron chi connectivity index (χ1n) is 11.0. The molecule has 3 atom stereocenters. The molecule has 2 aliphatic heterocycles. The van der Waals surface area contributed by atoms with Crippen molar-refractivity contribution in [2.45, 2.75) is 64.2 Å². The molecule has 2 fully saturated rings. The van der Waals surface area contributed by atoms with Gasteiger partial charge in [-0.05, 0) is 43.4 Å². The first-order chi connectivity index (χ1) is 14.8. The summed E-state index contributed by atoms with van der Waals surface area (Å²) >= 11 is 0. The van der Waals surface area contributed by atoms with E-state index in [2.05, 4.69) is 19.2 Å². The zero-order valence-electron chi connectivity index (χ0n) is 18.5. The molecule has 31 heavy (non-hydrogen) atoms. The van der Waals surface area contributed by atoms with Crippen molar-refractivity contribution >= 4 is 17.8 Å². The highest BCUT2D eigenvalue weighted by atomic mass is 16.6. The Morgan fingerprint density at radius 3 is 2.61 bits per heavy atom. The molecule has 1 aromatic carbocycles. The lowest BCUT2D eigenvalue weighted by Crippen LogP contribution is -2.60.